The number of aryl methyl sites for hydroxylation is 5. The fraction of sp³-hybridized carbons (Fsp3) is 0.190. The van der Waals surface area contributed by atoms with E-state index in [1.54, 1.807) is 24.4 Å². The van der Waals surface area contributed by atoms with E-state index in [1.165, 1.54) is 51.8 Å². The molecule has 0 N–H and O–H groups in total. The molecule has 0 fully saturated rings. The van der Waals surface area contributed by atoms with Crippen LogP contribution in [0.15, 0.2) is 91.3 Å². The van der Waals surface area contributed by atoms with Crippen molar-refractivity contribution in [3.63, 3.8) is 0 Å². The van der Waals surface area contributed by atoms with Crippen LogP contribution in [0.5, 0.6) is 0 Å². The molecule has 4 aromatic carbocycles. The molecule has 7 rings (SSSR count). The third kappa shape index (κ3) is 7.28. The van der Waals surface area contributed by atoms with E-state index in [4.69, 9.17) is 8.22 Å². The van der Waals surface area contributed by atoms with Gasteiger partial charge in [-0.1, -0.05) is 79.4 Å². The van der Waals surface area contributed by atoms with E-state index < -0.39 is 21.8 Å². The third-order valence-corrected chi connectivity index (χ3v) is 11.5. The van der Waals surface area contributed by atoms with Gasteiger partial charge in [-0.15, -0.1) is 59.2 Å². The molecule has 2 nitrogen and oxygen atoms in total. The van der Waals surface area contributed by atoms with Crippen LogP contribution >= 0.6 is 11.3 Å². The molecule has 0 aliphatic rings. The second kappa shape index (κ2) is 14.4. The Morgan fingerprint density at radius 1 is 0.771 bits per heavy atom. The zero-order chi connectivity index (χ0) is 38.5. The van der Waals surface area contributed by atoms with E-state index in [-0.39, 0.29) is 31.5 Å². The maximum atomic E-state index is 14.4. The van der Waals surface area contributed by atoms with Crippen LogP contribution in [0.4, 0.5) is 4.39 Å². The molecule has 0 amide bonds. The van der Waals surface area contributed by atoms with Crippen LogP contribution < -0.4 is 5.19 Å². The number of hydrogen-bond acceptors (Lipinski definition) is 3. The Bertz CT molecular complexity index is 2450. The smallest absolute Gasteiger partial charge is 0.140 e. The zero-order valence-corrected chi connectivity index (χ0v) is 31.9. The van der Waals surface area contributed by atoms with Crippen molar-refractivity contribution in [2.24, 2.45) is 0 Å². The van der Waals surface area contributed by atoms with Gasteiger partial charge >= 0.3 is 0 Å². The number of hydrogen-bond donors (Lipinski definition) is 0. The summed E-state index contributed by atoms with van der Waals surface area (Å²) in [5.74, 6) is -0.178. The first-order chi connectivity index (χ1) is 24.8. The average molecular weight is 849 g/mol. The topological polar surface area (TPSA) is 25.8 Å². The van der Waals surface area contributed by atoms with E-state index in [9.17, 15) is 4.39 Å². The number of benzene rings is 4. The Morgan fingerprint density at radius 2 is 1.54 bits per heavy atom. The predicted molar refractivity (Wildman–Crippen MR) is 202 cm³/mol. The zero-order valence-electron chi connectivity index (χ0n) is 33.7. The molecular formula is C42H39FIrN2SSi-2. The Hall–Kier alpha value is -3.80. The van der Waals surface area contributed by atoms with Crippen molar-refractivity contribution in [3.8, 4) is 33.6 Å². The van der Waals surface area contributed by atoms with Gasteiger partial charge in [0.1, 0.15) is 5.82 Å². The average Bonchev–Trinajstić information content (AvgIpc) is 3.47. The molecule has 7 aromatic rings. The van der Waals surface area contributed by atoms with Gasteiger partial charge in [-0.25, -0.2) is 4.39 Å². The molecule has 0 saturated carbocycles. The Labute approximate surface area is 310 Å². The molecule has 0 unspecified atom stereocenters. The molecule has 245 valence electrons. The van der Waals surface area contributed by atoms with Gasteiger partial charge in [0, 0.05) is 40.7 Å². The summed E-state index contributed by atoms with van der Waals surface area (Å²) in [6, 6.07) is 30.1. The quantitative estimate of drug-likeness (QED) is 0.130. The SMILES string of the molecule is Cc1cc(C)c(-c2ccnc(-c3[c-]ccc4c3sc3c(F)cccc34)c2)c(C)c1.[2H]C([2H])([2H])c1c[c-]c(-c2cc(C([2H])([2H])[2H])c([Si](C)(C)C)cn2)cc1.[Ir]. The summed E-state index contributed by atoms with van der Waals surface area (Å²) >= 11 is 1.47. The number of thiophene rings is 1. The molecule has 0 aliphatic carbocycles. The van der Waals surface area contributed by atoms with Crippen molar-refractivity contribution in [1.29, 1.82) is 0 Å². The summed E-state index contributed by atoms with van der Waals surface area (Å²) in [6.45, 7) is 8.26. The first-order valence-electron chi connectivity index (χ1n) is 18.4. The Balaban J connectivity index is 0.000000208. The van der Waals surface area contributed by atoms with E-state index in [1.807, 2.05) is 24.4 Å². The Kier molecular flexibility index (Phi) is 8.40. The largest absolute Gasteiger partial charge is 0.305 e. The first-order valence-corrected chi connectivity index (χ1v) is 19.7. The molecular weight excluding hydrogens is 804 g/mol. The maximum Gasteiger partial charge on any atom is 0.140 e. The molecule has 0 spiro atoms. The summed E-state index contributed by atoms with van der Waals surface area (Å²) < 4.78 is 61.7. The Morgan fingerprint density at radius 3 is 2.23 bits per heavy atom. The van der Waals surface area contributed by atoms with Gasteiger partial charge < -0.3 is 9.97 Å². The summed E-state index contributed by atoms with van der Waals surface area (Å²) in [4.78, 5) is 9.03. The molecule has 3 aromatic heterocycles. The molecule has 48 heavy (non-hydrogen) atoms. The monoisotopic (exact) mass is 849 g/mol. The number of aromatic nitrogens is 2. The minimum absolute atomic E-state index is 0. The minimum atomic E-state index is -2.22. The van der Waals surface area contributed by atoms with Gasteiger partial charge in [0.15, 0.2) is 0 Å². The van der Waals surface area contributed by atoms with Crippen molar-refractivity contribution in [2.75, 3.05) is 0 Å². The number of fused-ring (bicyclic) bond motifs is 3. The van der Waals surface area contributed by atoms with Crippen molar-refractivity contribution in [1.82, 2.24) is 9.97 Å². The van der Waals surface area contributed by atoms with Gasteiger partial charge in [-0.3, -0.25) is 0 Å². The van der Waals surface area contributed by atoms with Gasteiger partial charge in [0.25, 0.3) is 0 Å². The molecule has 0 aliphatic heterocycles. The van der Waals surface area contributed by atoms with E-state index in [0.717, 1.165) is 37.5 Å². The molecule has 1 radical (unpaired) electrons. The van der Waals surface area contributed by atoms with Crippen LogP contribution in [0.1, 0.15) is 36.0 Å². The molecule has 0 atom stereocenters. The number of nitrogens with zero attached hydrogens (tertiary/aromatic N) is 2. The van der Waals surface area contributed by atoms with Gasteiger partial charge in [0.2, 0.25) is 0 Å². The second-order valence-corrected chi connectivity index (χ2v) is 18.9. The van der Waals surface area contributed by atoms with Crippen molar-refractivity contribution in [3.05, 3.63) is 137 Å². The fourth-order valence-electron chi connectivity index (χ4n) is 6.06. The summed E-state index contributed by atoms with van der Waals surface area (Å²) in [5.41, 5.74) is 9.53. The number of rotatable bonds is 4. The maximum absolute atomic E-state index is 14.4. The van der Waals surface area contributed by atoms with Crippen LogP contribution in [0.3, 0.4) is 0 Å². The van der Waals surface area contributed by atoms with E-state index >= 15 is 0 Å². The molecule has 0 saturated heterocycles. The second-order valence-electron chi connectivity index (χ2n) is 12.9. The summed E-state index contributed by atoms with van der Waals surface area (Å²) in [7, 11) is -1.85. The molecule has 0 bridgehead atoms. The predicted octanol–water partition coefficient (Wildman–Crippen LogP) is 11.4. The normalized spacial score (nSPS) is 13.6. The minimum Gasteiger partial charge on any atom is -0.305 e. The van der Waals surface area contributed by atoms with Crippen LogP contribution in [0.2, 0.25) is 19.6 Å². The van der Waals surface area contributed by atoms with Crippen LogP contribution in [-0.4, -0.2) is 18.0 Å². The number of halogens is 1. The van der Waals surface area contributed by atoms with Gasteiger partial charge in [-0.2, -0.15) is 11.3 Å². The summed E-state index contributed by atoms with van der Waals surface area (Å²) in [5, 5.41) is 2.81. The number of pyridine rings is 2. The third-order valence-electron chi connectivity index (χ3n) is 8.19. The van der Waals surface area contributed by atoms with Gasteiger partial charge in [-0.05, 0) is 88.7 Å². The van der Waals surface area contributed by atoms with Crippen LogP contribution in [0.25, 0.3) is 53.8 Å². The van der Waals surface area contributed by atoms with E-state index in [0.29, 0.717) is 21.5 Å². The van der Waals surface area contributed by atoms with Gasteiger partial charge in [0.05, 0.1) is 12.8 Å². The summed E-state index contributed by atoms with van der Waals surface area (Å²) in [6.07, 6.45) is 3.50. The first kappa shape index (κ1) is 28.1. The van der Waals surface area contributed by atoms with Crippen molar-refractivity contribution < 1.29 is 32.7 Å². The van der Waals surface area contributed by atoms with E-state index in [2.05, 4.69) is 86.8 Å². The van der Waals surface area contributed by atoms with Crippen LogP contribution in [0, 0.1) is 52.4 Å². The molecule has 6 heteroatoms. The van der Waals surface area contributed by atoms with Crippen molar-refractivity contribution in [2.45, 2.75) is 54.1 Å². The standard InChI is InChI=1S/C26H19FNS.C16H20NSi.Ir/c1-15-12-16(2)24(17(3)13-15)18-10-11-28-23(14-18)21-8-4-6-19-20-7-5-9-22(27)26(20)29-25(19)21;1-12-6-8-14(9-7-12)15-10-13(2)16(11-17-15)18(3,4)5;/h4-7,9-14H,1-3H3;6-8,10-11H,1-5H3;/q2*-1;/i;1D3,2D3;. The van der Waals surface area contributed by atoms with Crippen LogP contribution in [-0.2, 0) is 20.1 Å². The van der Waals surface area contributed by atoms with Crippen molar-refractivity contribution >= 4 is 44.8 Å². The molecule has 3 heterocycles. The fourth-order valence-corrected chi connectivity index (χ4v) is 8.61.